The van der Waals surface area contributed by atoms with Crippen LogP contribution in [-0.2, 0) is 11.2 Å². The van der Waals surface area contributed by atoms with E-state index in [1.807, 2.05) is 13.0 Å². The van der Waals surface area contributed by atoms with Crippen LogP contribution in [0, 0.1) is 5.41 Å². The van der Waals surface area contributed by atoms with E-state index < -0.39 is 0 Å². The van der Waals surface area contributed by atoms with Gasteiger partial charge in [-0.15, -0.1) is 0 Å². The quantitative estimate of drug-likeness (QED) is 0.847. The number of carbonyl (C=O) groups is 1. The highest BCUT2D eigenvalue weighted by molar-refractivity contribution is 5.67. The Balaban J connectivity index is 2.47. The van der Waals surface area contributed by atoms with Crippen LogP contribution in [0.5, 0.6) is 0 Å². The summed E-state index contributed by atoms with van der Waals surface area (Å²) in [6.45, 7) is 8.82. The number of carbonyl (C=O) groups excluding carboxylic acids is 1. The standard InChI is InChI=1S/C17H27NO2/c1-5-18-16(19)20-15(17(2,3)4)13-9-12-14-10-7-6-8-11-14/h6-8,10-11,15H,5,9,12-13H2,1-4H3,(H,18,19)/t15-/m1/s1. The zero-order valence-electron chi connectivity index (χ0n) is 13.1. The Morgan fingerprint density at radius 1 is 1.25 bits per heavy atom. The average molecular weight is 277 g/mol. The van der Waals surface area contributed by atoms with Gasteiger partial charge in [0.15, 0.2) is 0 Å². The van der Waals surface area contributed by atoms with Crippen molar-refractivity contribution in [3.63, 3.8) is 0 Å². The molecule has 1 N–H and O–H groups in total. The molecular formula is C17H27NO2. The van der Waals surface area contributed by atoms with Gasteiger partial charge in [0.1, 0.15) is 6.10 Å². The number of ether oxygens (including phenoxy) is 1. The van der Waals surface area contributed by atoms with Gasteiger partial charge in [0.2, 0.25) is 0 Å². The molecule has 0 heterocycles. The number of amides is 1. The summed E-state index contributed by atoms with van der Waals surface area (Å²) in [4.78, 5) is 11.6. The minimum Gasteiger partial charge on any atom is -0.446 e. The molecule has 1 aromatic carbocycles. The highest BCUT2D eigenvalue weighted by Crippen LogP contribution is 2.26. The summed E-state index contributed by atoms with van der Waals surface area (Å²) in [7, 11) is 0. The summed E-state index contributed by atoms with van der Waals surface area (Å²) in [5, 5.41) is 2.70. The lowest BCUT2D eigenvalue weighted by Gasteiger charge is -2.30. The largest absolute Gasteiger partial charge is 0.446 e. The summed E-state index contributed by atoms with van der Waals surface area (Å²) in [6, 6.07) is 10.4. The van der Waals surface area contributed by atoms with Gasteiger partial charge in [-0.3, -0.25) is 0 Å². The van der Waals surface area contributed by atoms with E-state index >= 15 is 0 Å². The number of aryl methyl sites for hydroxylation is 1. The van der Waals surface area contributed by atoms with Gasteiger partial charge in [-0.1, -0.05) is 51.1 Å². The van der Waals surface area contributed by atoms with Crippen molar-refractivity contribution in [3.8, 4) is 0 Å². The fourth-order valence-corrected chi connectivity index (χ4v) is 2.12. The van der Waals surface area contributed by atoms with Crippen molar-refractivity contribution in [1.82, 2.24) is 5.32 Å². The first kappa shape index (κ1) is 16.5. The van der Waals surface area contributed by atoms with Crippen LogP contribution in [0.25, 0.3) is 0 Å². The van der Waals surface area contributed by atoms with Crippen LogP contribution in [0.15, 0.2) is 30.3 Å². The van der Waals surface area contributed by atoms with Crippen molar-refractivity contribution in [3.05, 3.63) is 35.9 Å². The molecule has 1 rings (SSSR count). The van der Waals surface area contributed by atoms with Crippen LogP contribution < -0.4 is 5.32 Å². The van der Waals surface area contributed by atoms with Crippen molar-refractivity contribution in [1.29, 1.82) is 0 Å². The van der Waals surface area contributed by atoms with E-state index in [1.54, 1.807) is 0 Å². The number of benzene rings is 1. The lowest BCUT2D eigenvalue weighted by molar-refractivity contribution is 0.0252. The molecule has 1 amide bonds. The third kappa shape index (κ3) is 6.09. The van der Waals surface area contributed by atoms with E-state index in [4.69, 9.17) is 4.74 Å². The molecular weight excluding hydrogens is 250 g/mol. The van der Waals surface area contributed by atoms with E-state index in [9.17, 15) is 4.79 Å². The molecule has 1 aromatic rings. The Kier molecular flexibility index (Phi) is 6.56. The van der Waals surface area contributed by atoms with Gasteiger partial charge in [0.05, 0.1) is 0 Å². The molecule has 0 unspecified atom stereocenters. The summed E-state index contributed by atoms with van der Waals surface area (Å²) in [5.41, 5.74) is 1.29. The molecule has 20 heavy (non-hydrogen) atoms. The molecule has 3 heteroatoms. The van der Waals surface area contributed by atoms with Gasteiger partial charge in [-0.05, 0) is 37.2 Å². The van der Waals surface area contributed by atoms with E-state index in [0.29, 0.717) is 6.54 Å². The molecule has 0 radical (unpaired) electrons. The topological polar surface area (TPSA) is 38.3 Å². The third-order valence-electron chi connectivity index (χ3n) is 3.31. The van der Waals surface area contributed by atoms with Crippen molar-refractivity contribution < 1.29 is 9.53 Å². The molecule has 1 atom stereocenters. The van der Waals surface area contributed by atoms with Gasteiger partial charge >= 0.3 is 6.09 Å². The molecule has 112 valence electrons. The second kappa shape index (κ2) is 7.93. The predicted octanol–water partition coefficient (Wildman–Crippen LogP) is 4.17. The lowest BCUT2D eigenvalue weighted by atomic mass is 9.85. The summed E-state index contributed by atoms with van der Waals surface area (Å²) in [6.07, 6.45) is 2.55. The molecule has 0 saturated carbocycles. The first-order chi connectivity index (χ1) is 9.43. The Hall–Kier alpha value is -1.51. The van der Waals surface area contributed by atoms with Crippen LogP contribution >= 0.6 is 0 Å². The summed E-state index contributed by atoms with van der Waals surface area (Å²) in [5.74, 6) is 0. The van der Waals surface area contributed by atoms with Crippen molar-refractivity contribution >= 4 is 6.09 Å². The highest BCUT2D eigenvalue weighted by atomic mass is 16.6. The summed E-state index contributed by atoms with van der Waals surface area (Å²) >= 11 is 0. The van der Waals surface area contributed by atoms with Crippen molar-refractivity contribution in [2.24, 2.45) is 5.41 Å². The first-order valence-electron chi connectivity index (χ1n) is 7.42. The van der Waals surface area contributed by atoms with E-state index in [-0.39, 0.29) is 17.6 Å². The maximum Gasteiger partial charge on any atom is 0.407 e. The zero-order valence-corrected chi connectivity index (χ0v) is 13.1. The molecule has 0 aliphatic heterocycles. The summed E-state index contributed by atoms with van der Waals surface area (Å²) < 4.78 is 5.54. The Morgan fingerprint density at radius 2 is 1.90 bits per heavy atom. The monoisotopic (exact) mass is 277 g/mol. The molecule has 0 fully saturated rings. The van der Waals surface area contributed by atoms with Crippen LogP contribution in [0.1, 0.15) is 46.1 Å². The zero-order chi connectivity index (χ0) is 15.0. The molecule has 0 aromatic heterocycles. The first-order valence-corrected chi connectivity index (χ1v) is 7.42. The van der Waals surface area contributed by atoms with Gasteiger partial charge in [-0.25, -0.2) is 4.79 Å². The predicted molar refractivity (Wildman–Crippen MR) is 82.8 cm³/mol. The minimum atomic E-state index is -0.313. The Labute approximate surface area is 122 Å². The van der Waals surface area contributed by atoms with E-state index in [0.717, 1.165) is 19.3 Å². The van der Waals surface area contributed by atoms with Crippen molar-refractivity contribution in [2.45, 2.75) is 53.1 Å². The molecule has 0 aliphatic carbocycles. The van der Waals surface area contributed by atoms with Crippen LogP contribution in [0.2, 0.25) is 0 Å². The molecule has 3 nitrogen and oxygen atoms in total. The van der Waals surface area contributed by atoms with Gasteiger partial charge in [0, 0.05) is 6.54 Å². The van der Waals surface area contributed by atoms with Crippen LogP contribution in [-0.4, -0.2) is 18.7 Å². The highest BCUT2D eigenvalue weighted by Gasteiger charge is 2.27. The second-order valence-corrected chi connectivity index (χ2v) is 6.17. The second-order valence-electron chi connectivity index (χ2n) is 6.17. The lowest BCUT2D eigenvalue weighted by Crippen LogP contribution is -2.36. The maximum absolute atomic E-state index is 11.6. The molecule has 0 bridgehead atoms. The Bertz CT molecular complexity index is 395. The maximum atomic E-state index is 11.6. The average Bonchev–Trinajstić information content (AvgIpc) is 2.38. The van der Waals surface area contributed by atoms with Gasteiger partial charge < -0.3 is 10.1 Å². The number of nitrogens with one attached hydrogen (secondary N) is 1. The number of hydrogen-bond acceptors (Lipinski definition) is 2. The van der Waals surface area contributed by atoms with Crippen LogP contribution in [0.4, 0.5) is 4.79 Å². The minimum absolute atomic E-state index is 0.0399. The van der Waals surface area contributed by atoms with Gasteiger partial charge in [-0.2, -0.15) is 0 Å². The smallest absolute Gasteiger partial charge is 0.407 e. The Morgan fingerprint density at radius 3 is 2.45 bits per heavy atom. The normalized spacial score (nSPS) is 12.8. The van der Waals surface area contributed by atoms with Crippen LogP contribution in [0.3, 0.4) is 0 Å². The van der Waals surface area contributed by atoms with Crippen molar-refractivity contribution in [2.75, 3.05) is 6.54 Å². The molecule has 0 saturated heterocycles. The van der Waals surface area contributed by atoms with E-state index in [1.165, 1.54) is 5.56 Å². The molecule has 0 aliphatic rings. The van der Waals surface area contributed by atoms with E-state index in [2.05, 4.69) is 50.4 Å². The number of hydrogen-bond donors (Lipinski definition) is 1. The van der Waals surface area contributed by atoms with Gasteiger partial charge in [0.25, 0.3) is 0 Å². The fourth-order valence-electron chi connectivity index (χ4n) is 2.12. The fraction of sp³-hybridized carbons (Fsp3) is 0.588. The SMILES string of the molecule is CCNC(=O)O[C@H](CCCc1ccccc1)C(C)(C)C. The molecule has 0 spiro atoms. The number of alkyl carbamates (subject to hydrolysis) is 1. The third-order valence-corrected chi connectivity index (χ3v) is 3.31. The number of rotatable bonds is 6.